The molecular weight excluding hydrogens is 324 g/mol. The van der Waals surface area contributed by atoms with Gasteiger partial charge in [-0.25, -0.2) is 9.97 Å². The summed E-state index contributed by atoms with van der Waals surface area (Å²) in [5, 5.41) is 5.49. The second kappa shape index (κ2) is 10.6. The van der Waals surface area contributed by atoms with Crippen LogP contribution >= 0.6 is 0 Å². The minimum absolute atomic E-state index is 0.114. The van der Waals surface area contributed by atoms with E-state index in [0.717, 1.165) is 5.75 Å². The van der Waals surface area contributed by atoms with Crippen LogP contribution in [0.3, 0.4) is 0 Å². The van der Waals surface area contributed by atoms with Crippen molar-refractivity contribution < 1.29 is 19.1 Å². The zero-order chi connectivity index (χ0) is 17.7. The van der Waals surface area contributed by atoms with Gasteiger partial charge in [-0.15, -0.1) is 0 Å². The fourth-order valence-corrected chi connectivity index (χ4v) is 1.81. The number of anilines is 1. The molecule has 25 heavy (non-hydrogen) atoms. The lowest BCUT2D eigenvalue weighted by Gasteiger charge is -2.08. The van der Waals surface area contributed by atoms with Crippen LogP contribution in [0.1, 0.15) is 6.42 Å². The van der Waals surface area contributed by atoms with E-state index in [-0.39, 0.29) is 18.9 Å². The van der Waals surface area contributed by atoms with Gasteiger partial charge in [0.1, 0.15) is 12.4 Å². The summed E-state index contributed by atoms with van der Waals surface area (Å²) in [6.07, 6.45) is 3.31. The van der Waals surface area contributed by atoms with Gasteiger partial charge in [0.15, 0.2) is 6.61 Å². The Morgan fingerprint density at radius 1 is 1.00 bits per heavy atom. The Morgan fingerprint density at radius 2 is 1.76 bits per heavy atom. The second-order valence-corrected chi connectivity index (χ2v) is 4.92. The minimum atomic E-state index is -0.473. The highest BCUT2D eigenvalue weighted by molar-refractivity contribution is 5.80. The highest BCUT2D eigenvalue weighted by Gasteiger charge is 2.07. The van der Waals surface area contributed by atoms with E-state index in [1.165, 1.54) is 0 Å². The van der Waals surface area contributed by atoms with Gasteiger partial charge in [-0.2, -0.15) is 0 Å². The van der Waals surface area contributed by atoms with Crippen molar-refractivity contribution in [2.24, 2.45) is 0 Å². The number of carbonyl (C=O) groups excluding carboxylic acids is 2. The van der Waals surface area contributed by atoms with Gasteiger partial charge in [-0.1, -0.05) is 18.2 Å². The summed E-state index contributed by atoms with van der Waals surface area (Å²) >= 11 is 0. The van der Waals surface area contributed by atoms with Crippen molar-refractivity contribution in [1.29, 1.82) is 0 Å². The maximum atomic E-state index is 11.6. The van der Waals surface area contributed by atoms with Gasteiger partial charge in [0.25, 0.3) is 5.91 Å². The maximum Gasteiger partial charge on any atom is 0.308 e. The Bertz CT molecular complexity index is 652. The fourth-order valence-electron chi connectivity index (χ4n) is 1.81. The van der Waals surface area contributed by atoms with Gasteiger partial charge in [0, 0.05) is 18.9 Å². The molecule has 132 valence electrons. The van der Waals surface area contributed by atoms with E-state index in [0.29, 0.717) is 25.6 Å². The zero-order valence-electron chi connectivity index (χ0n) is 13.7. The summed E-state index contributed by atoms with van der Waals surface area (Å²) in [5.74, 6) is 0.327. The molecule has 1 aromatic carbocycles. The van der Waals surface area contributed by atoms with E-state index in [9.17, 15) is 9.59 Å². The van der Waals surface area contributed by atoms with Gasteiger partial charge >= 0.3 is 5.97 Å². The number of hydrogen-bond acceptors (Lipinski definition) is 7. The molecule has 0 aliphatic carbocycles. The van der Waals surface area contributed by atoms with E-state index < -0.39 is 5.97 Å². The second-order valence-electron chi connectivity index (χ2n) is 4.92. The Hall–Kier alpha value is -3.16. The van der Waals surface area contributed by atoms with Crippen LogP contribution in [0, 0.1) is 0 Å². The van der Waals surface area contributed by atoms with Crippen LogP contribution in [0.4, 0.5) is 5.95 Å². The van der Waals surface area contributed by atoms with E-state index >= 15 is 0 Å². The molecule has 0 unspecified atom stereocenters. The quantitative estimate of drug-likeness (QED) is 0.490. The SMILES string of the molecule is O=C(COC(=O)CCNc1ncccn1)NCCOc1ccccc1. The Balaban J connectivity index is 1.50. The number of amides is 1. The predicted octanol–water partition coefficient (Wildman–Crippen LogP) is 1.02. The summed E-state index contributed by atoms with van der Waals surface area (Å²) in [4.78, 5) is 31.0. The molecular formula is C17H20N4O4. The summed E-state index contributed by atoms with van der Waals surface area (Å²) in [7, 11) is 0. The molecule has 0 saturated heterocycles. The van der Waals surface area contributed by atoms with Gasteiger partial charge in [-0.3, -0.25) is 9.59 Å². The van der Waals surface area contributed by atoms with Crippen LogP contribution in [0.2, 0.25) is 0 Å². The largest absolute Gasteiger partial charge is 0.492 e. The number of hydrogen-bond donors (Lipinski definition) is 2. The van der Waals surface area contributed by atoms with Gasteiger partial charge in [0.2, 0.25) is 5.95 Å². The van der Waals surface area contributed by atoms with Crippen LogP contribution in [-0.2, 0) is 14.3 Å². The third-order valence-corrected chi connectivity index (χ3v) is 2.98. The molecule has 8 nitrogen and oxygen atoms in total. The van der Waals surface area contributed by atoms with Gasteiger partial charge in [0.05, 0.1) is 13.0 Å². The molecule has 2 rings (SSSR count). The first-order valence-corrected chi connectivity index (χ1v) is 7.85. The number of para-hydroxylation sites is 1. The molecule has 2 aromatic rings. The molecule has 0 aliphatic heterocycles. The van der Waals surface area contributed by atoms with Crippen molar-refractivity contribution in [1.82, 2.24) is 15.3 Å². The van der Waals surface area contributed by atoms with E-state index in [1.807, 2.05) is 30.3 Å². The smallest absolute Gasteiger partial charge is 0.308 e. The standard InChI is InChI=1S/C17H20N4O4/c22-15(18-11-12-24-14-5-2-1-3-6-14)13-25-16(23)7-10-21-17-19-8-4-9-20-17/h1-6,8-9H,7,10-13H2,(H,18,22)(H,19,20,21). The van der Waals surface area contributed by atoms with Crippen LogP contribution < -0.4 is 15.4 Å². The molecule has 8 heteroatoms. The molecule has 2 N–H and O–H groups in total. The third-order valence-electron chi connectivity index (χ3n) is 2.98. The van der Waals surface area contributed by atoms with Crippen molar-refractivity contribution >= 4 is 17.8 Å². The monoisotopic (exact) mass is 344 g/mol. The van der Waals surface area contributed by atoms with Crippen molar-refractivity contribution in [3.8, 4) is 5.75 Å². The van der Waals surface area contributed by atoms with Gasteiger partial charge < -0.3 is 20.1 Å². The molecule has 1 aromatic heterocycles. The highest BCUT2D eigenvalue weighted by Crippen LogP contribution is 2.07. The van der Waals surface area contributed by atoms with Crippen molar-refractivity contribution in [2.45, 2.75) is 6.42 Å². The Morgan fingerprint density at radius 3 is 2.52 bits per heavy atom. The fraction of sp³-hybridized carbons (Fsp3) is 0.294. The van der Waals surface area contributed by atoms with E-state index in [2.05, 4.69) is 20.6 Å². The molecule has 1 heterocycles. The first-order valence-electron chi connectivity index (χ1n) is 7.85. The van der Waals surface area contributed by atoms with Crippen molar-refractivity contribution in [3.05, 3.63) is 48.8 Å². The Kier molecular flexibility index (Phi) is 7.70. The first kappa shape index (κ1) is 18.2. The summed E-state index contributed by atoms with van der Waals surface area (Å²) in [6.45, 7) is 0.685. The molecule has 1 amide bonds. The molecule has 0 bridgehead atoms. The highest BCUT2D eigenvalue weighted by atomic mass is 16.5. The maximum absolute atomic E-state index is 11.6. The van der Waals surface area contributed by atoms with Crippen molar-refractivity contribution in [3.63, 3.8) is 0 Å². The number of benzene rings is 1. The lowest BCUT2D eigenvalue weighted by Crippen LogP contribution is -2.32. The summed E-state index contributed by atoms with van der Waals surface area (Å²) < 4.78 is 10.3. The summed E-state index contributed by atoms with van der Waals surface area (Å²) in [6, 6.07) is 11.0. The number of nitrogens with zero attached hydrogens (tertiary/aromatic N) is 2. The predicted molar refractivity (Wildman–Crippen MR) is 91.0 cm³/mol. The molecule has 0 atom stereocenters. The minimum Gasteiger partial charge on any atom is -0.492 e. The van der Waals surface area contributed by atoms with Crippen LogP contribution in [-0.4, -0.2) is 48.1 Å². The van der Waals surface area contributed by atoms with Crippen molar-refractivity contribution in [2.75, 3.05) is 31.6 Å². The molecule has 0 saturated carbocycles. The number of aromatic nitrogens is 2. The molecule has 0 spiro atoms. The zero-order valence-corrected chi connectivity index (χ0v) is 13.7. The average molecular weight is 344 g/mol. The van der Waals surface area contributed by atoms with Crippen LogP contribution in [0.25, 0.3) is 0 Å². The lowest BCUT2D eigenvalue weighted by molar-refractivity contribution is -0.148. The number of carbonyl (C=O) groups is 2. The molecule has 0 aliphatic rings. The first-order chi connectivity index (χ1) is 12.2. The normalized spacial score (nSPS) is 9.92. The van der Waals surface area contributed by atoms with E-state index in [4.69, 9.17) is 9.47 Å². The topological polar surface area (TPSA) is 102 Å². The number of nitrogens with one attached hydrogen (secondary N) is 2. The molecule has 0 fully saturated rings. The number of rotatable bonds is 10. The number of ether oxygens (including phenoxy) is 2. The van der Waals surface area contributed by atoms with Gasteiger partial charge in [-0.05, 0) is 18.2 Å². The number of esters is 1. The third kappa shape index (κ3) is 7.78. The Labute approximate surface area is 145 Å². The van der Waals surface area contributed by atoms with Crippen LogP contribution in [0.5, 0.6) is 5.75 Å². The summed E-state index contributed by atoms with van der Waals surface area (Å²) in [5.41, 5.74) is 0. The van der Waals surface area contributed by atoms with E-state index in [1.54, 1.807) is 18.5 Å². The van der Waals surface area contributed by atoms with Crippen LogP contribution in [0.15, 0.2) is 48.8 Å². The average Bonchev–Trinajstić information content (AvgIpc) is 2.65. The lowest BCUT2D eigenvalue weighted by atomic mass is 10.3. The molecule has 0 radical (unpaired) electrons.